The number of likely N-dealkylation sites (N-methyl/N-ethyl adjacent to an activating group) is 1. The number of rotatable bonds is 6. The summed E-state index contributed by atoms with van der Waals surface area (Å²) in [5.41, 5.74) is 0.914. The van der Waals surface area contributed by atoms with Gasteiger partial charge in [-0.05, 0) is 45.0 Å². The molecule has 1 rings (SSSR count). The summed E-state index contributed by atoms with van der Waals surface area (Å²) in [7, 11) is 0. The molecule has 0 saturated carbocycles. The number of benzene rings is 1. The maximum absolute atomic E-state index is 12.0. The predicted molar refractivity (Wildman–Crippen MR) is 82.7 cm³/mol. The number of ether oxygens (including phenoxy) is 1. The van der Waals surface area contributed by atoms with Gasteiger partial charge in [0.2, 0.25) is 5.91 Å². The van der Waals surface area contributed by atoms with Crippen LogP contribution in [0.3, 0.4) is 0 Å². The Kier molecular flexibility index (Phi) is 6.88. The molecule has 0 aliphatic carbocycles. The molecule has 3 N–H and O–H groups in total. The molecular weight excluding hydrogens is 286 g/mol. The number of anilines is 1. The molecule has 0 heterocycles. The highest BCUT2D eigenvalue weighted by atomic mass is 16.5. The third-order valence-electron chi connectivity index (χ3n) is 2.76. The van der Waals surface area contributed by atoms with E-state index in [0.29, 0.717) is 17.8 Å². The fraction of sp³-hybridized carbons (Fsp3) is 0.400. The lowest BCUT2D eigenvalue weighted by atomic mass is 10.2. The van der Waals surface area contributed by atoms with Gasteiger partial charge in [0.15, 0.2) is 0 Å². The van der Waals surface area contributed by atoms with Crippen LogP contribution in [0.2, 0.25) is 0 Å². The quantitative estimate of drug-likeness (QED) is 0.742. The van der Waals surface area contributed by atoms with Crippen LogP contribution >= 0.6 is 0 Å². The molecule has 1 aromatic rings. The number of carbonyl (C=O) groups excluding carboxylic acids is 3. The SMILES string of the molecule is CCNC(=O)[C@H](C)NC(=O)c1ccc(NC(=O)OCC)cc1. The van der Waals surface area contributed by atoms with E-state index in [1.54, 1.807) is 38.1 Å². The Balaban J connectivity index is 2.60. The minimum Gasteiger partial charge on any atom is -0.450 e. The zero-order valence-corrected chi connectivity index (χ0v) is 12.9. The number of nitrogens with one attached hydrogen (secondary N) is 3. The topological polar surface area (TPSA) is 96.5 Å². The van der Waals surface area contributed by atoms with Crippen LogP contribution in [0.5, 0.6) is 0 Å². The van der Waals surface area contributed by atoms with Gasteiger partial charge in [0.05, 0.1) is 6.61 Å². The van der Waals surface area contributed by atoms with Crippen LogP contribution in [0.15, 0.2) is 24.3 Å². The van der Waals surface area contributed by atoms with Crippen molar-refractivity contribution >= 4 is 23.6 Å². The van der Waals surface area contributed by atoms with Crippen LogP contribution in [0, 0.1) is 0 Å². The minimum atomic E-state index is -0.621. The maximum Gasteiger partial charge on any atom is 0.411 e. The Bertz CT molecular complexity index is 528. The van der Waals surface area contributed by atoms with Crippen LogP contribution in [0.25, 0.3) is 0 Å². The molecular formula is C15H21N3O4. The van der Waals surface area contributed by atoms with E-state index in [0.717, 1.165) is 0 Å². The van der Waals surface area contributed by atoms with Crippen LogP contribution < -0.4 is 16.0 Å². The molecule has 0 fully saturated rings. The van der Waals surface area contributed by atoms with Crippen molar-refractivity contribution in [3.8, 4) is 0 Å². The van der Waals surface area contributed by atoms with Crippen molar-refractivity contribution in [2.45, 2.75) is 26.8 Å². The van der Waals surface area contributed by atoms with E-state index in [4.69, 9.17) is 4.74 Å². The Morgan fingerprint density at radius 3 is 2.32 bits per heavy atom. The summed E-state index contributed by atoms with van der Waals surface area (Å²) >= 11 is 0. The van der Waals surface area contributed by atoms with Crippen molar-refractivity contribution < 1.29 is 19.1 Å². The van der Waals surface area contributed by atoms with Crippen molar-refractivity contribution in [2.24, 2.45) is 0 Å². The highest BCUT2D eigenvalue weighted by Crippen LogP contribution is 2.10. The van der Waals surface area contributed by atoms with E-state index in [2.05, 4.69) is 16.0 Å². The molecule has 3 amide bonds. The highest BCUT2D eigenvalue weighted by Gasteiger charge is 2.15. The Hall–Kier alpha value is -2.57. The second-order valence-corrected chi connectivity index (χ2v) is 4.51. The number of hydrogen-bond acceptors (Lipinski definition) is 4. The summed E-state index contributed by atoms with van der Waals surface area (Å²) in [6.45, 7) is 5.92. The van der Waals surface area contributed by atoms with E-state index in [-0.39, 0.29) is 18.4 Å². The van der Waals surface area contributed by atoms with Crippen molar-refractivity contribution in [1.82, 2.24) is 10.6 Å². The lowest BCUT2D eigenvalue weighted by Gasteiger charge is -2.13. The second-order valence-electron chi connectivity index (χ2n) is 4.51. The normalized spacial score (nSPS) is 11.2. The number of carbonyl (C=O) groups is 3. The standard InChI is InChI=1S/C15H21N3O4/c1-4-16-13(19)10(3)17-14(20)11-6-8-12(9-7-11)18-15(21)22-5-2/h6-10H,4-5H2,1-3H3,(H,16,19)(H,17,20)(H,18,21)/t10-/m0/s1. The zero-order chi connectivity index (χ0) is 16.5. The van der Waals surface area contributed by atoms with Gasteiger partial charge >= 0.3 is 6.09 Å². The summed E-state index contributed by atoms with van der Waals surface area (Å²) in [5, 5.41) is 7.76. The van der Waals surface area contributed by atoms with Crippen molar-refractivity contribution in [3.63, 3.8) is 0 Å². The molecule has 0 aliphatic rings. The van der Waals surface area contributed by atoms with Crippen molar-refractivity contribution in [2.75, 3.05) is 18.5 Å². The highest BCUT2D eigenvalue weighted by molar-refractivity contribution is 5.98. The van der Waals surface area contributed by atoms with Gasteiger partial charge in [-0.2, -0.15) is 0 Å². The number of hydrogen-bond donors (Lipinski definition) is 3. The Morgan fingerprint density at radius 1 is 1.14 bits per heavy atom. The molecule has 0 aromatic heterocycles. The molecule has 1 atom stereocenters. The molecule has 0 spiro atoms. The van der Waals surface area contributed by atoms with Gasteiger partial charge in [0.25, 0.3) is 5.91 Å². The molecule has 0 radical (unpaired) electrons. The first-order valence-electron chi connectivity index (χ1n) is 7.10. The molecule has 0 bridgehead atoms. The Labute approximate surface area is 129 Å². The molecule has 0 aliphatic heterocycles. The second kappa shape index (κ2) is 8.66. The smallest absolute Gasteiger partial charge is 0.411 e. The van der Waals surface area contributed by atoms with Crippen LogP contribution in [-0.2, 0) is 9.53 Å². The van der Waals surface area contributed by atoms with Gasteiger partial charge in [-0.15, -0.1) is 0 Å². The average molecular weight is 307 g/mol. The predicted octanol–water partition coefficient (Wildman–Crippen LogP) is 1.51. The lowest BCUT2D eigenvalue weighted by molar-refractivity contribution is -0.122. The molecule has 0 saturated heterocycles. The van der Waals surface area contributed by atoms with Crippen LogP contribution in [0.1, 0.15) is 31.1 Å². The first kappa shape index (κ1) is 17.5. The number of amides is 3. The van der Waals surface area contributed by atoms with Gasteiger partial charge < -0.3 is 15.4 Å². The summed E-state index contributed by atoms with van der Waals surface area (Å²) < 4.78 is 4.75. The van der Waals surface area contributed by atoms with E-state index >= 15 is 0 Å². The molecule has 120 valence electrons. The lowest BCUT2D eigenvalue weighted by Crippen LogP contribution is -2.44. The van der Waals surface area contributed by atoms with Gasteiger partial charge in [0.1, 0.15) is 6.04 Å². The molecule has 0 unspecified atom stereocenters. The summed E-state index contributed by atoms with van der Waals surface area (Å²) in [6, 6.07) is 5.67. The molecule has 22 heavy (non-hydrogen) atoms. The largest absolute Gasteiger partial charge is 0.450 e. The minimum absolute atomic E-state index is 0.239. The maximum atomic E-state index is 12.0. The van der Waals surface area contributed by atoms with E-state index < -0.39 is 12.1 Å². The third-order valence-corrected chi connectivity index (χ3v) is 2.76. The summed E-state index contributed by atoms with van der Waals surface area (Å²) in [5.74, 6) is -0.599. The first-order chi connectivity index (χ1) is 10.5. The van der Waals surface area contributed by atoms with Crippen molar-refractivity contribution in [1.29, 1.82) is 0 Å². The zero-order valence-electron chi connectivity index (χ0n) is 12.9. The van der Waals surface area contributed by atoms with Crippen LogP contribution in [0.4, 0.5) is 10.5 Å². The van der Waals surface area contributed by atoms with Gasteiger partial charge in [0, 0.05) is 17.8 Å². The fourth-order valence-corrected chi connectivity index (χ4v) is 1.66. The summed E-state index contributed by atoms with van der Waals surface area (Å²) in [4.78, 5) is 34.8. The van der Waals surface area contributed by atoms with Crippen LogP contribution in [-0.4, -0.2) is 37.1 Å². The van der Waals surface area contributed by atoms with E-state index in [9.17, 15) is 14.4 Å². The molecule has 7 nitrogen and oxygen atoms in total. The monoisotopic (exact) mass is 307 g/mol. The molecule has 1 aromatic carbocycles. The average Bonchev–Trinajstić information content (AvgIpc) is 2.48. The molecule has 7 heteroatoms. The van der Waals surface area contributed by atoms with Crippen molar-refractivity contribution in [3.05, 3.63) is 29.8 Å². The van der Waals surface area contributed by atoms with Gasteiger partial charge in [-0.1, -0.05) is 0 Å². The van der Waals surface area contributed by atoms with Gasteiger partial charge in [-0.3, -0.25) is 14.9 Å². The summed E-state index contributed by atoms with van der Waals surface area (Å²) in [6.07, 6.45) is -0.551. The van der Waals surface area contributed by atoms with E-state index in [1.165, 1.54) is 0 Å². The Morgan fingerprint density at radius 2 is 1.77 bits per heavy atom. The first-order valence-corrected chi connectivity index (χ1v) is 7.10. The third kappa shape index (κ3) is 5.43. The van der Waals surface area contributed by atoms with Gasteiger partial charge in [-0.25, -0.2) is 4.79 Å². The fourth-order valence-electron chi connectivity index (χ4n) is 1.66. The van der Waals surface area contributed by atoms with E-state index in [1.807, 2.05) is 6.92 Å².